The van der Waals surface area contributed by atoms with Gasteiger partial charge in [0.05, 0.1) is 0 Å². The van der Waals surface area contributed by atoms with Crippen LogP contribution in [0.5, 0.6) is 0 Å². The molecule has 0 radical (unpaired) electrons. The molecule has 2 aliphatic rings. The molecule has 2 heterocycles. The maximum Gasteiger partial charge on any atom is 0.410 e. The van der Waals surface area contributed by atoms with E-state index in [1.165, 1.54) is 0 Å². The van der Waals surface area contributed by atoms with Gasteiger partial charge < -0.3 is 42.2 Å². The average molecular weight is 431 g/mol. The van der Waals surface area contributed by atoms with Crippen LogP contribution in [0.25, 0.3) is 0 Å². The summed E-state index contributed by atoms with van der Waals surface area (Å²) in [4.78, 5) is 26.6. The molecule has 30 heavy (non-hydrogen) atoms. The largest absolute Gasteiger partial charge is 0.444 e. The third kappa shape index (κ3) is 10.4. The molecule has 2 saturated heterocycles. The Labute approximate surface area is 180 Å². The smallest absolute Gasteiger partial charge is 0.410 e. The van der Waals surface area contributed by atoms with Crippen molar-refractivity contribution in [3.05, 3.63) is 0 Å². The minimum absolute atomic E-state index is 0.0405. The van der Waals surface area contributed by atoms with Gasteiger partial charge in [0.25, 0.3) is 0 Å². The predicted molar refractivity (Wildman–Crippen MR) is 117 cm³/mol. The standard InChI is InChI=1S/2C10H21N3O2/c2*1-10(2,3)15-9(14)13-5-7(11)4-8(12)6-13/h2*7-8H,4-6,11-12H2,1-3H3/t2*7-,8+. The van der Waals surface area contributed by atoms with Crippen LogP contribution in [0.15, 0.2) is 0 Å². The lowest BCUT2D eigenvalue weighted by atomic mass is 10.0. The van der Waals surface area contributed by atoms with Crippen LogP contribution in [0.3, 0.4) is 0 Å². The van der Waals surface area contributed by atoms with Crippen LogP contribution < -0.4 is 22.9 Å². The molecule has 2 aliphatic heterocycles. The minimum atomic E-state index is -0.470. The number of hydrogen-bond acceptors (Lipinski definition) is 8. The molecule has 0 spiro atoms. The lowest BCUT2D eigenvalue weighted by Crippen LogP contribution is -2.54. The first-order chi connectivity index (χ1) is 13.6. The van der Waals surface area contributed by atoms with Crippen molar-refractivity contribution in [3.63, 3.8) is 0 Å². The maximum atomic E-state index is 11.7. The van der Waals surface area contributed by atoms with Gasteiger partial charge in [-0.15, -0.1) is 0 Å². The van der Waals surface area contributed by atoms with Crippen LogP contribution >= 0.6 is 0 Å². The van der Waals surface area contributed by atoms with Crippen molar-refractivity contribution in [1.29, 1.82) is 0 Å². The highest BCUT2D eigenvalue weighted by Gasteiger charge is 2.30. The van der Waals surface area contributed by atoms with Crippen LogP contribution in [0.1, 0.15) is 54.4 Å². The number of amides is 2. The summed E-state index contributed by atoms with van der Waals surface area (Å²) in [6.45, 7) is 13.2. The second kappa shape index (κ2) is 10.6. The summed E-state index contributed by atoms with van der Waals surface area (Å²) < 4.78 is 10.5. The Morgan fingerprint density at radius 2 is 0.867 bits per heavy atom. The fourth-order valence-electron chi connectivity index (χ4n) is 3.31. The molecule has 0 bridgehead atoms. The number of piperidine rings is 2. The summed E-state index contributed by atoms with van der Waals surface area (Å²) in [6, 6.07) is -0.162. The van der Waals surface area contributed by atoms with Crippen molar-refractivity contribution in [2.75, 3.05) is 26.2 Å². The maximum absolute atomic E-state index is 11.7. The van der Waals surface area contributed by atoms with Crippen LogP contribution in [0.2, 0.25) is 0 Å². The van der Waals surface area contributed by atoms with Gasteiger partial charge in [0.2, 0.25) is 0 Å². The zero-order chi connectivity index (χ0) is 23.3. The Morgan fingerprint density at radius 1 is 0.633 bits per heavy atom. The van der Waals surface area contributed by atoms with Gasteiger partial charge in [-0.2, -0.15) is 0 Å². The van der Waals surface area contributed by atoms with E-state index >= 15 is 0 Å². The fraction of sp³-hybridized carbons (Fsp3) is 0.900. The van der Waals surface area contributed by atoms with Crippen molar-refractivity contribution < 1.29 is 19.1 Å². The van der Waals surface area contributed by atoms with Crippen molar-refractivity contribution >= 4 is 12.2 Å². The first kappa shape index (κ1) is 26.4. The molecule has 8 N–H and O–H groups in total. The molecule has 10 heteroatoms. The topological polar surface area (TPSA) is 163 Å². The first-order valence-corrected chi connectivity index (χ1v) is 10.5. The van der Waals surface area contributed by atoms with Crippen LogP contribution in [-0.2, 0) is 9.47 Å². The van der Waals surface area contributed by atoms with E-state index in [-0.39, 0.29) is 36.4 Å². The Balaban J connectivity index is 0.000000300. The van der Waals surface area contributed by atoms with Gasteiger partial charge in [-0.3, -0.25) is 0 Å². The molecule has 0 unspecified atom stereocenters. The molecule has 0 aromatic rings. The zero-order valence-electron chi connectivity index (χ0n) is 19.4. The third-order valence-electron chi connectivity index (χ3n) is 4.33. The molecule has 2 rings (SSSR count). The molecule has 10 nitrogen and oxygen atoms in total. The highest BCUT2D eigenvalue weighted by atomic mass is 16.6. The van der Waals surface area contributed by atoms with Crippen molar-refractivity contribution in [3.8, 4) is 0 Å². The Kier molecular flexibility index (Phi) is 9.34. The predicted octanol–water partition coefficient (Wildman–Crippen LogP) is 0.564. The van der Waals surface area contributed by atoms with Crippen molar-refractivity contribution in [2.24, 2.45) is 22.9 Å². The number of ether oxygens (including phenoxy) is 2. The summed E-state index contributed by atoms with van der Waals surface area (Å²) >= 11 is 0. The quantitative estimate of drug-likeness (QED) is 0.433. The monoisotopic (exact) mass is 430 g/mol. The number of carbonyl (C=O) groups excluding carboxylic acids is 2. The van der Waals surface area contributed by atoms with Gasteiger partial charge in [0.1, 0.15) is 11.2 Å². The van der Waals surface area contributed by atoms with Crippen LogP contribution in [0.4, 0.5) is 9.59 Å². The molecule has 0 saturated carbocycles. The lowest BCUT2D eigenvalue weighted by molar-refractivity contribution is 0.0174. The molecular weight excluding hydrogens is 388 g/mol. The molecule has 0 aliphatic carbocycles. The van der Waals surface area contributed by atoms with E-state index in [1.54, 1.807) is 9.80 Å². The molecular formula is C20H42N6O4. The molecule has 2 amide bonds. The van der Waals surface area contributed by atoms with Gasteiger partial charge in [-0.05, 0) is 54.4 Å². The number of nitrogens with two attached hydrogens (primary N) is 4. The third-order valence-corrected chi connectivity index (χ3v) is 4.33. The number of nitrogens with zero attached hydrogens (tertiary/aromatic N) is 2. The highest BCUT2D eigenvalue weighted by Crippen LogP contribution is 2.15. The normalized spacial score (nSPS) is 27.7. The van der Waals surface area contributed by atoms with Crippen LogP contribution in [0, 0.1) is 0 Å². The van der Waals surface area contributed by atoms with E-state index < -0.39 is 11.2 Å². The second-order valence-electron chi connectivity index (χ2n) is 10.3. The summed E-state index contributed by atoms with van der Waals surface area (Å²) in [5.41, 5.74) is 22.2. The van der Waals surface area contributed by atoms with E-state index in [1.807, 2.05) is 41.5 Å². The molecule has 4 atom stereocenters. The Hall–Kier alpha value is -1.62. The lowest BCUT2D eigenvalue weighted by Gasteiger charge is -2.35. The van der Waals surface area contributed by atoms with Crippen molar-refractivity contribution in [1.82, 2.24) is 9.80 Å². The SMILES string of the molecule is CC(C)(C)OC(=O)N1C[C@H](N)C[C@H](N)C1.CC(C)(C)OC(=O)N1C[C@H](N)C[C@H](N)C1. The van der Waals surface area contributed by atoms with Gasteiger partial charge in [0.15, 0.2) is 0 Å². The molecule has 2 fully saturated rings. The van der Waals surface area contributed by atoms with Crippen LogP contribution in [-0.4, -0.2) is 83.5 Å². The summed E-state index contributed by atoms with van der Waals surface area (Å²) in [5, 5.41) is 0. The first-order valence-electron chi connectivity index (χ1n) is 10.5. The van der Waals surface area contributed by atoms with E-state index in [9.17, 15) is 9.59 Å². The molecule has 176 valence electrons. The minimum Gasteiger partial charge on any atom is -0.444 e. The number of carbonyl (C=O) groups is 2. The Bertz CT molecular complexity index is 505. The van der Waals surface area contributed by atoms with E-state index in [4.69, 9.17) is 32.4 Å². The van der Waals surface area contributed by atoms with Gasteiger partial charge in [-0.25, -0.2) is 9.59 Å². The summed E-state index contributed by atoms with van der Waals surface area (Å²) in [5.74, 6) is 0. The number of hydrogen-bond donors (Lipinski definition) is 4. The van der Waals surface area contributed by atoms with Gasteiger partial charge in [0, 0.05) is 50.3 Å². The van der Waals surface area contributed by atoms with Gasteiger partial charge >= 0.3 is 12.2 Å². The Morgan fingerprint density at radius 3 is 1.07 bits per heavy atom. The van der Waals surface area contributed by atoms with Gasteiger partial charge in [-0.1, -0.05) is 0 Å². The highest BCUT2D eigenvalue weighted by molar-refractivity contribution is 5.68. The van der Waals surface area contributed by atoms with Crippen molar-refractivity contribution in [2.45, 2.75) is 89.8 Å². The fourth-order valence-corrected chi connectivity index (χ4v) is 3.31. The van der Waals surface area contributed by atoms with E-state index in [0.29, 0.717) is 26.2 Å². The summed E-state index contributed by atoms with van der Waals surface area (Å²) in [6.07, 6.45) is 0.875. The zero-order valence-corrected chi connectivity index (χ0v) is 19.4. The molecule has 0 aromatic heterocycles. The average Bonchev–Trinajstić information content (AvgIpc) is 2.50. The van der Waals surface area contributed by atoms with E-state index in [0.717, 1.165) is 12.8 Å². The number of rotatable bonds is 0. The molecule has 0 aromatic carbocycles. The van der Waals surface area contributed by atoms with E-state index in [2.05, 4.69) is 0 Å². The second-order valence-corrected chi connectivity index (χ2v) is 10.3. The number of likely N-dealkylation sites (tertiary alicyclic amines) is 2. The summed E-state index contributed by atoms with van der Waals surface area (Å²) in [7, 11) is 0.